The van der Waals surface area contributed by atoms with E-state index in [9.17, 15) is 28.8 Å². The summed E-state index contributed by atoms with van der Waals surface area (Å²) in [4.78, 5) is 88.5. The second kappa shape index (κ2) is 16.8. The molecule has 1 saturated carbocycles. The normalized spacial score (nSPS) is 22.9. The SMILES string of the molecule is COc1cc(-c2cn(C)c(=O)c3cc(C(=O)NC4CC5(CCN(CCN6CCN(c7ccc8c(c7)C(=O)N([C@@H]7CCC(=O)NC7=O)C8=O)CC6)C5)C4)sc23)cc(OC)c1CN(C)C. The number of carbonyl (C=O) groups is 5. The van der Waals surface area contributed by atoms with Gasteiger partial charge in [-0.2, -0.15) is 0 Å². The number of benzene rings is 2. The number of imide groups is 2. The molecular formula is C46H54N8O8S. The van der Waals surface area contributed by atoms with Crippen molar-refractivity contribution in [2.45, 2.75) is 50.7 Å². The summed E-state index contributed by atoms with van der Waals surface area (Å²) >= 11 is 1.34. The van der Waals surface area contributed by atoms with Gasteiger partial charge in [-0.05, 0) is 93.7 Å². The quantitative estimate of drug-likeness (QED) is 0.200. The number of amides is 5. The number of hydrogen-bond donors (Lipinski definition) is 2. The molecule has 17 heteroatoms. The predicted molar refractivity (Wildman–Crippen MR) is 239 cm³/mol. The highest BCUT2D eigenvalue weighted by atomic mass is 32.1. The Hall–Kier alpha value is -5.62. The van der Waals surface area contributed by atoms with Crippen molar-refractivity contribution in [2.75, 3.05) is 85.6 Å². The fourth-order valence-electron chi connectivity index (χ4n) is 10.2. The molecule has 4 aliphatic heterocycles. The third kappa shape index (κ3) is 8.00. The summed E-state index contributed by atoms with van der Waals surface area (Å²) in [7, 11) is 8.98. The number of aryl methyl sites for hydroxylation is 1. The van der Waals surface area contributed by atoms with E-state index in [0.29, 0.717) is 33.9 Å². The highest BCUT2D eigenvalue weighted by molar-refractivity contribution is 7.21. The molecule has 2 aromatic heterocycles. The maximum absolute atomic E-state index is 13.7. The van der Waals surface area contributed by atoms with Gasteiger partial charge < -0.3 is 34.1 Å². The number of rotatable bonds is 12. The van der Waals surface area contributed by atoms with Crippen molar-refractivity contribution in [3.8, 4) is 22.6 Å². The second-order valence-electron chi connectivity index (χ2n) is 18.0. The van der Waals surface area contributed by atoms with Crippen molar-refractivity contribution in [2.24, 2.45) is 12.5 Å². The number of carbonyl (C=O) groups excluding carboxylic acids is 5. The number of piperazine rings is 1. The minimum absolute atomic E-state index is 0.0863. The molecule has 0 unspecified atom stereocenters. The van der Waals surface area contributed by atoms with Gasteiger partial charge in [-0.3, -0.25) is 43.9 Å². The van der Waals surface area contributed by atoms with Gasteiger partial charge in [0.2, 0.25) is 11.8 Å². The molecule has 3 saturated heterocycles. The van der Waals surface area contributed by atoms with Gasteiger partial charge >= 0.3 is 0 Å². The van der Waals surface area contributed by atoms with Crippen LogP contribution in [0.2, 0.25) is 0 Å². The maximum atomic E-state index is 13.7. The van der Waals surface area contributed by atoms with E-state index in [1.807, 2.05) is 43.4 Å². The Kier molecular flexibility index (Phi) is 11.4. The second-order valence-corrected chi connectivity index (χ2v) is 19.1. The number of nitrogens with one attached hydrogen (secondary N) is 2. The van der Waals surface area contributed by atoms with Gasteiger partial charge in [0.1, 0.15) is 17.5 Å². The first-order valence-corrected chi connectivity index (χ1v) is 22.5. The number of aromatic nitrogens is 1. The number of hydrogen-bond acceptors (Lipinski definition) is 13. The molecule has 0 radical (unpaired) electrons. The minimum atomic E-state index is -0.981. The van der Waals surface area contributed by atoms with Crippen molar-refractivity contribution in [1.82, 2.24) is 34.8 Å². The topological polar surface area (TPSA) is 166 Å². The van der Waals surface area contributed by atoms with E-state index in [-0.39, 0.29) is 41.3 Å². The fraction of sp³-hybridized carbons (Fsp3) is 0.478. The van der Waals surface area contributed by atoms with E-state index in [0.717, 1.165) is 104 Å². The fourth-order valence-corrected chi connectivity index (χ4v) is 11.3. The highest BCUT2D eigenvalue weighted by Crippen LogP contribution is 2.48. The van der Waals surface area contributed by atoms with E-state index >= 15 is 0 Å². The summed E-state index contributed by atoms with van der Waals surface area (Å²) in [5, 5.41) is 6.03. The van der Waals surface area contributed by atoms with Gasteiger partial charge in [0.05, 0.1) is 41.2 Å². The van der Waals surface area contributed by atoms with Gasteiger partial charge in [-0.15, -0.1) is 11.3 Å². The van der Waals surface area contributed by atoms with Gasteiger partial charge in [0, 0.05) is 94.0 Å². The number of ether oxygens (including phenoxy) is 2. The van der Waals surface area contributed by atoms with Crippen molar-refractivity contribution in [3.05, 3.63) is 74.5 Å². The lowest BCUT2D eigenvalue weighted by Gasteiger charge is -2.45. The van der Waals surface area contributed by atoms with Gasteiger partial charge in [-0.25, -0.2) is 0 Å². The van der Waals surface area contributed by atoms with Crippen molar-refractivity contribution in [3.63, 3.8) is 0 Å². The summed E-state index contributed by atoms with van der Waals surface area (Å²) in [6.45, 7) is 7.92. The molecule has 2 aromatic carbocycles. The maximum Gasteiger partial charge on any atom is 0.262 e. The van der Waals surface area contributed by atoms with Crippen LogP contribution < -0.4 is 30.6 Å². The summed E-state index contributed by atoms with van der Waals surface area (Å²) in [6, 6.07) is 10.1. The molecular weight excluding hydrogens is 825 g/mol. The Labute approximate surface area is 369 Å². The minimum Gasteiger partial charge on any atom is -0.496 e. The molecule has 63 heavy (non-hydrogen) atoms. The van der Waals surface area contributed by atoms with Crippen LogP contribution in [0, 0.1) is 5.41 Å². The molecule has 6 heterocycles. The van der Waals surface area contributed by atoms with Crippen LogP contribution in [-0.4, -0.2) is 146 Å². The van der Waals surface area contributed by atoms with Gasteiger partial charge in [0.25, 0.3) is 23.3 Å². The Morgan fingerprint density at radius 3 is 2.27 bits per heavy atom. The van der Waals surface area contributed by atoms with Crippen molar-refractivity contribution < 1.29 is 33.4 Å². The van der Waals surface area contributed by atoms with Crippen LogP contribution in [0.25, 0.3) is 21.2 Å². The first-order chi connectivity index (χ1) is 30.2. The molecule has 5 aliphatic rings. The third-order valence-electron chi connectivity index (χ3n) is 13.6. The Morgan fingerprint density at radius 1 is 0.889 bits per heavy atom. The largest absolute Gasteiger partial charge is 0.496 e. The number of fused-ring (bicyclic) bond motifs is 2. The van der Waals surface area contributed by atoms with Crippen LogP contribution in [0.3, 0.4) is 0 Å². The summed E-state index contributed by atoms with van der Waals surface area (Å²) < 4.78 is 13.9. The monoisotopic (exact) mass is 878 g/mol. The smallest absolute Gasteiger partial charge is 0.262 e. The molecule has 1 spiro atoms. The molecule has 332 valence electrons. The molecule has 5 amide bonds. The van der Waals surface area contributed by atoms with Gasteiger partial charge in [-0.1, -0.05) is 0 Å². The summed E-state index contributed by atoms with van der Waals surface area (Å²) in [5.41, 5.74) is 4.11. The molecule has 16 nitrogen and oxygen atoms in total. The Balaban J connectivity index is 0.765. The number of piperidine rings is 1. The summed E-state index contributed by atoms with van der Waals surface area (Å²) in [5.74, 6) is -0.766. The average Bonchev–Trinajstić information content (AvgIpc) is 3.96. The zero-order valence-electron chi connectivity index (χ0n) is 36.5. The first kappa shape index (κ1) is 42.7. The summed E-state index contributed by atoms with van der Waals surface area (Å²) in [6.07, 6.45) is 5.01. The van der Waals surface area contributed by atoms with E-state index < -0.39 is 29.7 Å². The van der Waals surface area contributed by atoms with Gasteiger partial charge in [0.15, 0.2) is 0 Å². The lowest BCUT2D eigenvalue weighted by atomic mass is 9.65. The molecule has 9 rings (SSSR count). The number of pyridine rings is 1. The average molecular weight is 879 g/mol. The first-order valence-electron chi connectivity index (χ1n) is 21.6. The lowest BCUT2D eigenvalue weighted by molar-refractivity contribution is -0.136. The zero-order valence-corrected chi connectivity index (χ0v) is 37.3. The highest BCUT2D eigenvalue weighted by Gasteiger charge is 2.49. The molecule has 0 bridgehead atoms. The van der Waals surface area contributed by atoms with Crippen LogP contribution in [0.4, 0.5) is 5.69 Å². The number of anilines is 1. The number of likely N-dealkylation sites (tertiary alicyclic amines) is 1. The van der Waals surface area contributed by atoms with Crippen LogP contribution in [0.5, 0.6) is 11.5 Å². The van der Waals surface area contributed by atoms with E-state index in [4.69, 9.17) is 9.47 Å². The lowest BCUT2D eigenvalue weighted by Crippen LogP contribution is -2.54. The molecule has 4 fully saturated rings. The van der Waals surface area contributed by atoms with E-state index in [1.165, 1.54) is 11.3 Å². The number of thiophene rings is 1. The van der Waals surface area contributed by atoms with Crippen LogP contribution in [0.1, 0.15) is 68.1 Å². The van der Waals surface area contributed by atoms with Crippen LogP contribution >= 0.6 is 11.3 Å². The van der Waals surface area contributed by atoms with Crippen molar-refractivity contribution >= 4 is 56.6 Å². The van der Waals surface area contributed by atoms with E-state index in [2.05, 4.69) is 25.3 Å². The number of nitrogens with zero attached hydrogens (tertiary/aromatic N) is 6. The molecule has 4 aromatic rings. The Morgan fingerprint density at radius 2 is 1.59 bits per heavy atom. The Bertz CT molecular complexity index is 2560. The standard InChI is InChI=1S/C46H54N8O8S/c1-49(2)24-34-36(61-4)18-27(19-37(34)62-5)33-25-50(3)43(58)32-21-38(63-40(32)33)42(57)47-28-22-46(23-28)10-11-52(26-46)13-12-51-14-16-53(17-15-51)29-6-7-30-31(20-29)45(60)54(44(30)59)35-8-9-39(55)48-41(35)56/h6-7,18-21,25,28,35H,8-17,22-24,26H2,1-5H3,(H,47,57)(H,48,55,56)/t28?,35-,46?/m1/s1. The molecule has 1 aliphatic carbocycles. The van der Waals surface area contributed by atoms with Crippen LogP contribution in [0.15, 0.2) is 47.4 Å². The predicted octanol–water partition coefficient (Wildman–Crippen LogP) is 3.15. The number of methoxy groups -OCH3 is 2. The molecule has 1 atom stereocenters. The van der Waals surface area contributed by atoms with Crippen LogP contribution in [-0.2, 0) is 23.2 Å². The molecule has 2 N–H and O–H groups in total. The third-order valence-corrected chi connectivity index (χ3v) is 14.7. The van der Waals surface area contributed by atoms with Crippen molar-refractivity contribution in [1.29, 1.82) is 0 Å². The van der Waals surface area contributed by atoms with E-state index in [1.54, 1.807) is 44.0 Å². The zero-order chi connectivity index (χ0) is 44.3.